The summed E-state index contributed by atoms with van der Waals surface area (Å²) >= 11 is 0. The van der Waals surface area contributed by atoms with Crippen LogP contribution in [0.2, 0.25) is 0 Å². The third-order valence-corrected chi connectivity index (χ3v) is 4.35. The van der Waals surface area contributed by atoms with Gasteiger partial charge in [-0.05, 0) is 42.0 Å². The molecule has 1 amide bonds. The molecule has 30 heavy (non-hydrogen) atoms. The fourth-order valence-electron chi connectivity index (χ4n) is 2.83. The maximum Gasteiger partial charge on any atom is 0.280 e. The summed E-state index contributed by atoms with van der Waals surface area (Å²) in [5.74, 6) is -1.35. The van der Waals surface area contributed by atoms with Crippen molar-refractivity contribution in [2.24, 2.45) is 0 Å². The molecule has 4 aromatic rings. The van der Waals surface area contributed by atoms with E-state index in [2.05, 4.69) is 10.4 Å². The SMILES string of the molecule is O=C(Nc1ccccc1F)c1nn(-c2ccc(F)cc2)cc1OCc1ccccc1. The van der Waals surface area contributed by atoms with Gasteiger partial charge in [0.05, 0.1) is 17.6 Å². The van der Waals surface area contributed by atoms with E-state index in [4.69, 9.17) is 4.74 Å². The summed E-state index contributed by atoms with van der Waals surface area (Å²) in [6.07, 6.45) is 1.53. The van der Waals surface area contributed by atoms with E-state index in [1.54, 1.807) is 6.07 Å². The second-order valence-corrected chi connectivity index (χ2v) is 6.47. The highest BCUT2D eigenvalue weighted by Gasteiger charge is 2.20. The topological polar surface area (TPSA) is 56.2 Å². The number of benzene rings is 3. The van der Waals surface area contributed by atoms with Crippen molar-refractivity contribution >= 4 is 11.6 Å². The first kappa shape index (κ1) is 19.3. The lowest BCUT2D eigenvalue weighted by Crippen LogP contribution is -2.15. The van der Waals surface area contributed by atoms with Crippen LogP contribution in [0, 0.1) is 11.6 Å². The second-order valence-electron chi connectivity index (χ2n) is 6.47. The molecule has 0 fully saturated rings. The van der Waals surface area contributed by atoms with Crippen LogP contribution in [-0.2, 0) is 6.61 Å². The number of amides is 1. The van der Waals surface area contributed by atoms with Crippen molar-refractivity contribution in [3.05, 3.63) is 108 Å². The molecule has 0 radical (unpaired) electrons. The molecule has 1 heterocycles. The summed E-state index contributed by atoms with van der Waals surface area (Å²) < 4.78 is 34.4. The number of para-hydroxylation sites is 1. The van der Waals surface area contributed by atoms with Crippen molar-refractivity contribution in [3.63, 3.8) is 0 Å². The van der Waals surface area contributed by atoms with Crippen molar-refractivity contribution in [1.82, 2.24) is 9.78 Å². The molecule has 0 bridgehead atoms. The van der Waals surface area contributed by atoms with Gasteiger partial charge in [-0.1, -0.05) is 42.5 Å². The molecule has 7 heteroatoms. The molecule has 0 aliphatic rings. The first-order valence-electron chi connectivity index (χ1n) is 9.18. The Hall–Kier alpha value is -4.00. The summed E-state index contributed by atoms with van der Waals surface area (Å²) in [6.45, 7) is 0.218. The van der Waals surface area contributed by atoms with Crippen LogP contribution in [0.4, 0.5) is 14.5 Å². The molecular formula is C23H17F2N3O2. The van der Waals surface area contributed by atoms with Crippen LogP contribution in [0.5, 0.6) is 5.75 Å². The summed E-state index contributed by atoms with van der Waals surface area (Å²) in [4.78, 5) is 12.8. The number of hydrogen-bond acceptors (Lipinski definition) is 3. The zero-order chi connectivity index (χ0) is 20.9. The number of anilines is 1. The third kappa shape index (κ3) is 4.35. The lowest BCUT2D eigenvalue weighted by Gasteiger charge is -2.07. The van der Waals surface area contributed by atoms with Crippen LogP contribution >= 0.6 is 0 Å². The Balaban J connectivity index is 1.64. The standard InChI is InChI=1S/C23H17F2N3O2/c24-17-10-12-18(13-11-17)28-14-21(30-15-16-6-2-1-3-7-16)22(27-28)23(29)26-20-9-5-4-8-19(20)25/h1-14H,15H2,(H,26,29). The zero-order valence-electron chi connectivity index (χ0n) is 15.8. The van der Waals surface area contributed by atoms with Gasteiger partial charge in [0.1, 0.15) is 18.2 Å². The maximum atomic E-state index is 13.9. The molecule has 0 aliphatic carbocycles. The quantitative estimate of drug-likeness (QED) is 0.492. The van der Waals surface area contributed by atoms with Gasteiger partial charge in [0.2, 0.25) is 0 Å². The molecule has 3 aromatic carbocycles. The Labute approximate surface area is 171 Å². The minimum Gasteiger partial charge on any atom is -0.485 e. The number of carbonyl (C=O) groups is 1. The lowest BCUT2D eigenvalue weighted by molar-refractivity contribution is 0.101. The number of nitrogens with one attached hydrogen (secondary N) is 1. The smallest absolute Gasteiger partial charge is 0.280 e. The Bertz CT molecular complexity index is 1160. The van der Waals surface area contributed by atoms with Crippen molar-refractivity contribution in [2.45, 2.75) is 6.61 Å². The third-order valence-electron chi connectivity index (χ3n) is 4.35. The summed E-state index contributed by atoms with van der Waals surface area (Å²) in [6, 6.07) is 20.9. The number of hydrogen-bond donors (Lipinski definition) is 1. The molecule has 0 saturated heterocycles. The Kier molecular flexibility index (Phi) is 5.52. The minimum absolute atomic E-state index is 0.0153. The monoisotopic (exact) mass is 405 g/mol. The van der Waals surface area contributed by atoms with E-state index in [0.717, 1.165) is 5.56 Å². The minimum atomic E-state index is -0.621. The van der Waals surface area contributed by atoms with Crippen molar-refractivity contribution in [3.8, 4) is 11.4 Å². The van der Waals surface area contributed by atoms with E-state index in [1.165, 1.54) is 53.3 Å². The van der Waals surface area contributed by atoms with Gasteiger partial charge >= 0.3 is 0 Å². The first-order chi connectivity index (χ1) is 14.6. The normalized spacial score (nSPS) is 10.6. The largest absolute Gasteiger partial charge is 0.485 e. The molecular weight excluding hydrogens is 388 g/mol. The second kappa shape index (κ2) is 8.57. The highest BCUT2D eigenvalue weighted by atomic mass is 19.1. The van der Waals surface area contributed by atoms with Crippen LogP contribution < -0.4 is 10.1 Å². The van der Waals surface area contributed by atoms with E-state index in [1.807, 2.05) is 30.3 Å². The van der Waals surface area contributed by atoms with Gasteiger partial charge < -0.3 is 10.1 Å². The van der Waals surface area contributed by atoms with Crippen LogP contribution in [0.15, 0.2) is 85.1 Å². The van der Waals surface area contributed by atoms with Crippen LogP contribution in [0.1, 0.15) is 16.1 Å². The molecule has 0 atom stereocenters. The fraction of sp³-hybridized carbons (Fsp3) is 0.0435. The predicted molar refractivity (Wildman–Crippen MR) is 109 cm³/mol. The van der Waals surface area contributed by atoms with Gasteiger partial charge in [0.15, 0.2) is 11.4 Å². The van der Waals surface area contributed by atoms with Gasteiger partial charge in [-0.2, -0.15) is 5.10 Å². The van der Waals surface area contributed by atoms with Crippen molar-refractivity contribution < 1.29 is 18.3 Å². The predicted octanol–water partition coefficient (Wildman–Crippen LogP) is 4.98. The number of rotatable bonds is 6. The average molecular weight is 405 g/mol. The number of nitrogens with zero attached hydrogens (tertiary/aromatic N) is 2. The van der Waals surface area contributed by atoms with E-state index >= 15 is 0 Å². The van der Waals surface area contributed by atoms with Crippen molar-refractivity contribution in [1.29, 1.82) is 0 Å². The Morgan fingerprint density at radius 2 is 1.63 bits per heavy atom. The van der Waals surface area contributed by atoms with Crippen LogP contribution in [0.3, 0.4) is 0 Å². The molecule has 0 aliphatic heterocycles. The number of aromatic nitrogens is 2. The van der Waals surface area contributed by atoms with Gasteiger partial charge in [0, 0.05) is 0 Å². The lowest BCUT2D eigenvalue weighted by atomic mass is 10.2. The van der Waals surface area contributed by atoms with E-state index < -0.39 is 11.7 Å². The van der Waals surface area contributed by atoms with Crippen LogP contribution in [-0.4, -0.2) is 15.7 Å². The van der Waals surface area contributed by atoms with Gasteiger partial charge in [-0.3, -0.25) is 4.79 Å². The fourth-order valence-corrected chi connectivity index (χ4v) is 2.83. The van der Waals surface area contributed by atoms with E-state index in [0.29, 0.717) is 5.69 Å². The highest BCUT2D eigenvalue weighted by molar-refractivity contribution is 6.04. The van der Waals surface area contributed by atoms with Gasteiger partial charge in [-0.15, -0.1) is 0 Å². The summed E-state index contributed by atoms with van der Waals surface area (Å²) in [7, 11) is 0. The molecule has 0 spiro atoms. The van der Waals surface area contributed by atoms with Gasteiger partial charge in [0.25, 0.3) is 5.91 Å². The first-order valence-corrected chi connectivity index (χ1v) is 9.18. The molecule has 1 N–H and O–H groups in total. The number of halogens is 2. The molecule has 1 aromatic heterocycles. The average Bonchev–Trinajstić information content (AvgIpc) is 3.19. The van der Waals surface area contributed by atoms with Crippen LogP contribution in [0.25, 0.3) is 5.69 Å². The summed E-state index contributed by atoms with van der Waals surface area (Å²) in [5, 5.41) is 6.79. The van der Waals surface area contributed by atoms with E-state index in [9.17, 15) is 13.6 Å². The highest BCUT2D eigenvalue weighted by Crippen LogP contribution is 2.23. The molecule has 5 nitrogen and oxygen atoms in total. The number of carbonyl (C=O) groups excluding carboxylic acids is 1. The Morgan fingerprint density at radius 1 is 0.933 bits per heavy atom. The van der Waals surface area contributed by atoms with E-state index in [-0.39, 0.29) is 29.6 Å². The number of ether oxygens (including phenoxy) is 1. The van der Waals surface area contributed by atoms with Gasteiger partial charge in [-0.25, -0.2) is 13.5 Å². The Morgan fingerprint density at radius 3 is 2.37 bits per heavy atom. The molecule has 150 valence electrons. The van der Waals surface area contributed by atoms with Crippen molar-refractivity contribution in [2.75, 3.05) is 5.32 Å². The molecule has 4 rings (SSSR count). The molecule has 0 unspecified atom stereocenters. The zero-order valence-corrected chi connectivity index (χ0v) is 15.8. The molecule has 0 saturated carbocycles. The maximum absolute atomic E-state index is 13.9. The summed E-state index contributed by atoms with van der Waals surface area (Å²) in [5.41, 5.74) is 1.48.